The first-order valence-electron chi connectivity index (χ1n) is 21.1. The minimum absolute atomic E-state index is 0.108. The van der Waals surface area contributed by atoms with Crippen molar-refractivity contribution < 1.29 is 10.2 Å². The molecule has 4 aromatic carbocycles. The average Bonchev–Trinajstić information content (AvgIpc) is 3.20. The lowest BCUT2D eigenvalue weighted by molar-refractivity contribution is 0.00188. The molecule has 0 aromatic heterocycles. The first-order valence-corrected chi connectivity index (χ1v) is 21.1. The second kappa shape index (κ2) is 18.9. The normalized spacial score (nSPS) is 29.9. The molecule has 2 saturated heterocycles. The van der Waals surface area contributed by atoms with Crippen molar-refractivity contribution >= 4 is 0 Å². The molecule has 6 heteroatoms. The highest BCUT2D eigenvalue weighted by molar-refractivity contribution is 5.37. The summed E-state index contributed by atoms with van der Waals surface area (Å²) in [6.45, 7) is 9.30. The largest absolute Gasteiger partial charge is 0.508 e. The van der Waals surface area contributed by atoms with E-state index in [9.17, 15) is 10.2 Å². The smallest absolute Gasteiger partial charge is 0.115 e. The number of phenolic OH excluding ortho intramolecular Hbond substituents is 2. The number of fused-ring (bicyclic) bond motifs is 4. The summed E-state index contributed by atoms with van der Waals surface area (Å²) in [5, 5.41) is 20.0. The Kier molecular flexibility index (Phi) is 14.0. The maximum Gasteiger partial charge on any atom is 0.115 e. The summed E-state index contributed by atoms with van der Waals surface area (Å²) in [6.07, 6.45) is 19.3. The van der Waals surface area contributed by atoms with Gasteiger partial charge in [-0.25, -0.2) is 0 Å². The van der Waals surface area contributed by atoms with Crippen molar-refractivity contribution in [1.29, 1.82) is 0 Å². The van der Waals surface area contributed by atoms with Crippen LogP contribution in [0, 0.1) is 24.7 Å². The minimum Gasteiger partial charge on any atom is -0.508 e. The molecule has 0 amide bonds. The van der Waals surface area contributed by atoms with Gasteiger partial charge in [0.05, 0.1) is 0 Å². The Hall–Kier alpha value is -4.12. The predicted molar refractivity (Wildman–Crippen MR) is 232 cm³/mol. The third kappa shape index (κ3) is 9.52. The molecular weight excluding hydrogens is 689 g/mol. The summed E-state index contributed by atoms with van der Waals surface area (Å²) >= 11 is 0. The molecule has 4 aromatic rings. The zero-order valence-corrected chi connectivity index (χ0v) is 33.9. The summed E-state index contributed by atoms with van der Waals surface area (Å²) in [7, 11) is 0. The molecule has 4 fully saturated rings. The molecular formula is C50H66N4O2. The lowest BCUT2D eigenvalue weighted by Crippen LogP contribution is -2.60. The van der Waals surface area contributed by atoms with Gasteiger partial charge in [0.15, 0.2) is 0 Å². The third-order valence-corrected chi connectivity index (χ3v) is 13.9. The van der Waals surface area contributed by atoms with Gasteiger partial charge in [-0.05, 0) is 136 Å². The van der Waals surface area contributed by atoms with Crippen LogP contribution in [0.25, 0.3) is 0 Å². The van der Waals surface area contributed by atoms with Crippen LogP contribution in [0.3, 0.4) is 0 Å². The van der Waals surface area contributed by atoms with Crippen molar-refractivity contribution in [1.82, 2.24) is 9.80 Å². The van der Waals surface area contributed by atoms with E-state index in [0.29, 0.717) is 35.4 Å². The molecule has 0 radical (unpaired) electrons. The maximum atomic E-state index is 10.0. The number of hydrogen-bond acceptors (Lipinski definition) is 6. The van der Waals surface area contributed by atoms with E-state index < -0.39 is 0 Å². The minimum atomic E-state index is 0.108. The molecule has 6 N–H and O–H groups in total. The fourth-order valence-corrected chi connectivity index (χ4v) is 11.2. The zero-order chi connectivity index (χ0) is 39.7. The van der Waals surface area contributed by atoms with Crippen molar-refractivity contribution in [2.45, 2.75) is 113 Å². The van der Waals surface area contributed by atoms with Gasteiger partial charge in [0.2, 0.25) is 0 Å². The monoisotopic (exact) mass is 755 g/mol. The number of terminal acetylenes is 1. The van der Waals surface area contributed by atoms with E-state index in [1.54, 1.807) is 12.1 Å². The maximum absolute atomic E-state index is 10.0. The molecule has 298 valence electrons. The number of nitrogens with zero attached hydrogens (tertiary/aromatic N) is 2. The van der Waals surface area contributed by atoms with E-state index in [4.69, 9.17) is 11.5 Å². The fourth-order valence-electron chi connectivity index (χ4n) is 11.2. The number of nitrogens with two attached hydrogens (primary N) is 2. The highest BCUT2D eigenvalue weighted by Gasteiger charge is 2.51. The van der Waals surface area contributed by atoms with Gasteiger partial charge in [-0.15, -0.1) is 12.8 Å². The van der Waals surface area contributed by atoms with Gasteiger partial charge in [0.1, 0.15) is 11.5 Å². The van der Waals surface area contributed by atoms with E-state index in [0.717, 1.165) is 77.5 Å². The standard InChI is InChI=1S/2C24H32N2O.C2H2/c2*1-18-17-26(12-6-9-19-7-3-2-4-8-19)22-14-21(25)15-24(18,16-22)20-10-5-11-23(27)13-20;1-2/h2*2-5,7-8,10-11,13,18,21-22,27H,6,9,12,14-17,25H2,1H3;1-2H/t18?,21-,22?,24?;18-,21?,22?,24?;/m01./s1. The summed E-state index contributed by atoms with van der Waals surface area (Å²) in [5.74, 6) is 1.82. The van der Waals surface area contributed by atoms with Crippen molar-refractivity contribution in [3.63, 3.8) is 0 Å². The van der Waals surface area contributed by atoms with Crippen LogP contribution in [0.4, 0.5) is 0 Å². The van der Waals surface area contributed by atoms with Crippen molar-refractivity contribution in [3.05, 3.63) is 131 Å². The number of aromatic hydroxyl groups is 2. The van der Waals surface area contributed by atoms with Gasteiger partial charge < -0.3 is 21.7 Å². The Bertz CT molecular complexity index is 1700. The fraction of sp³-hybridized carbons (Fsp3) is 0.480. The Morgan fingerprint density at radius 2 is 0.964 bits per heavy atom. The van der Waals surface area contributed by atoms with Crippen molar-refractivity contribution in [2.75, 3.05) is 26.2 Å². The second-order valence-electron chi connectivity index (χ2n) is 17.5. The Balaban J connectivity index is 0.000000182. The van der Waals surface area contributed by atoms with E-state index in [2.05, 4.69) is 109 Å². The molecule has 8 rings (SSSR count). The van der Waals surface area contributed by atoms with Crippen LogP contribution in [0.5, 0.6) is 11.5 Å². The lowest BCUT2D eigenvalue weighted by Gasteiger charge is -2.56. The van der Waals surface area contributed by atoms with Crippen LogP contribution in [0.15, 0.2) is 109 Å². The van der Waals surface area contributed by atoms with Crippen LogP contribution in [0.1, 0.15) is 87.5 Å². The highest BCUT2D eigenvalue weighted by Crippen LogP contribution is 2.51. The van der Waals surface area contributed by atoms with Gasteiger partial charge >= 0.3 is 0 Å². The van der Waals surface area contributed by atoms with E-state index in [-0.39, 0.29) is 22.9 Å². The lowest BCUT2D eigenvalue weighted by atomic mass is 9.57. The number of aryl methyl sites for hydroxylation is 2. The third-order valence-electron chi connectivity index (χ3n) is 13.9. The molecule has 4 bridgehead atoms. The molecule has 2 aliphatic heterocycles. The summed E-state index contributed by atoms with van der Waals surface area (Å²) in [6, 6.07) is 39.0. The van der Waals surface area contributed by atoms with E-state index >= 15 is 0 Å². The first kappa shape index (κ1) is 41.5. The van der Waals surface area contributed by atoms with Gasteiger partial charge in [-0.3, -0.25) is 9.80 Å². The summed E-state index contributed by atoms with van der Waals surface area (Å²) in [4.78, 5) is 5.38. The predicted octanol–water partition coefficient (Wildman–Crippen LogP) is 8.44. The number of phenols is 2. The van der Waals surface area contributed by atoms with Crippen molar-refractivity contribution in [2.24, 2.45) is 23.3 Å². The van der Waals surface area contributed by atoms with Crippen LogP contribution in [-0.4, -0.2) is 70.4 Å². The molecule has 56 heavy (non-hydrogen) atoms. The van der Waals surface area contributed by atoms with Crippen LogP contribution in [0.2, 0.25) is 0 Å². The molecule has 6 unspecified atom stereocenters. The number of piperidine rings is 2. The Labute approximate surface area is 337 Å². The number of likely N-dealkylation sites (tertiary alicyclic amines) is 2. The van der Waals surface area contributed by atoms with Gasteiger partial charge in [0.25, 0.3) is 0 Å². The number of benzene rings is 4. The molecule has 0 spiro atoms. The number of hydrogen-bond donors (Lipinski definition) is 4. The topological polar surface area (TPSA) is 99.0 Å². The average molecular weight is 755 g/mol. The molecule has 2 heterocycles. The van der Waals surface area contributed by atoms with E-state index in [1.165, 1.54) is 35.1 Å². The second-order valence-corrected chi connectivity index (χ2v) is 17.5. The van der Waals surface area contributed by atoms with Crippen LogP contribution < -0.4 is 11.5 Å². The molecule has 6 nitrogen and oxygen atoms in total. The van der Waals surface area contributed by atoms with Gasteiger partial charge in [0, 0.05) is 48.1 Å². The van der Waals surface area contributed by atoms with Crippen LogP contribution >= 0.6 is 0 Å². The summed E-state index contributed by atoms with van der Waals surface area (Å²) < 4.78 is 0. The summed E-state index contributed by atoms with van der Waals surface area (Å²) in [5.41, 5.74) is 18.7. The van der Waals surface area contributed by atoms with E-state index in [1.807, 2.05) is 24.3 Å². The zero-order valence-electron chi connectivity index (χ0n) is 33.9. The Morgan fingerprint density at radius 3 is 1.34 bits per heavy atom. The van der Waals surface area contributed by atoms with Gasteiger partial charge in [-0.2, -0.15) is 0 Å². The molecule has 8 atom stereocenters. The van der Waals surface area contributed by atoms with Crippen LogP contribution in [-0.2, 0) is 23.7 Å². The quantitative estimate of drug-likeness (QED) is 0.121. The van der Waals surface area contributed by atoms with Crippen molar-refractivity contribution in [3.8, 4) is 24.3 Å². The van der Waals surface area contributed by atoms with Gasteiger partial charge in [-0.1, -0.05) is 98.8 Å². The molecule has 2 saturated carbocycles. The molecule has 4 aliphatic rings. The SMILES string of the molecule is C#C.CC1CN(CCCc2ccccc2)C2C[C@H](N)CC1(c1cccc(O)c1)C2.C[C@@H]1CN(CCCc2ccccc2)C2CC(N)CC1(c1cccc(O)c1)C2. The number of rotatable bonds is 10. The first-order chi connectivity index (χ1) is 27.1. The highest BCUT2D eigenvalue weighted by atomic mass is 16.3. The Morgan fingerprint density at radius 1 is 0.571 bits per heavy atom. The molecule has 2 aliphatic carbocycles.